The van der Waals surface area contributed by atoms with E-state index in [9.17, 15) is 0 Å². The fourth-order valence-electron chi connectivity index (χ4n) is 2.32. The topological polar surface area (TPSA) is 29.3 Å². The van der Waals surface area contributed by atoms with E-state index in [0.717, 1.165) is 19.3 Å². The number of rotatable bonds is 6. The fourth-order valence-corrected chi connectivity index (χ4v) is 2.32. The van der Waals surface area contributed by atoms with Gasteiger partial charge in [-0.1, -0.05) is 27.2 Å². The molecule has 0 rings (SSSR count). The molecule has 0 amide bonds. The maximum Gasteiger partial charge on any atom is 0.0349 e. The summed E-state index contributed by atoms with van der Waals surface area (Å²) in [5.74, 6) is 0. The maximum absolute atomic E-state index is 6.24. The van der Waals surface area contributed by atoms with Crippen molar-refractivity contribution < 1.29 is 0 Å². The molecule has 0 aliphatic rings. The normalized spacial score (nSPS) is 15.0. The molecular weight excluding hydrogens is 160 g/mol. The summed E-state index contributed by atoms with van der Waals surface area (Å²) in [5, 5.41) is 0. The molecule has 0 aliphatic carbocycles. The van der Waals surface area contributed by atoms with Gasteiger partial charge in [-0.2, -0.15) is 0 Å². The van der Waals surface area contributed by atoms with Gasteiger partial charge in [0.05, 0.1) is 0 Å². The quantitative estimate of drug-likeness (QED) is 0.689. The first-order valence-electron chi connectivity index (χ1n) is 5.48. The third-order valence-corrected chi connectivity index (χ3v) is 3.41. The van der Waals surface area contributed by atoms with E-state index in [1.807, 2.05) is 0 Å². The second kappa shape index (κ2) is 5.61. The van der Waals surface area contributed by atoms with Gasteiger partial charge in [-0.05, 0) is 33.4 Å². The largest absolute Gasteiger partial charge is 0.326 e. The molecule has 0 aromatic heterocycles. The van der Waals surface area contributed by atoms with Crippen molar-refractivity contribution in [1.82, 2.24) is 4.90 Å². The molecule has 0 aromatic carbocycles. The van der Waals surface area contributed by atoms with Crippen LogP contribution in [0, 0.1) is 0 Å². The zero-order chi connectivity index (χ0) is 10.5. The van der Waals surface area contributed by atoms with E-state index in [2.05, 4.69) is 39.8 Å². The van der Waals surface area contributed by atoms with Crippen molar-refractivity contribution >= 4 is 0 Å². The Morgan fingerprint density at radius 3 is 1.85 bits per heavy atom. The van der Waals surface area contributed by atoms with Gasteiger partial charge in [-0.3, -0.25) is 0 Å². The maximum atomic E-state index is 6.24. The number of likely N-dealkylation sites (N-methyl/N-ethyl adjacent to an activating group) is 1. The molecule has 80 valence electrons. The molecule has 13 heavy (non-hydrogen) atoms. The Morgan fingerprint density at radius 2 is 1.62 bits per heavy atom. The van der Waals surface area contributed by atoms with Gasteiger partial charge in [0, 0.05) is 11.6 Å². The van der Waals surface area contributed by atoms with Crippen molar-refractivity contribution in [3.05, 3.63) is 0 Å². The van der Waals surface area contributed by atoms with Crippen molar-refractivity contribution in [2.75, 3.05) is 14.1 Å². The van der Waals surface area contributed by atoms with E-state index in [1.165, 1.54) is 6.42 Å². The predicted molar refractivity (Wildman–Crippen MR) is 59.9 cm³/mol. The van der Waals surface area contributed by atoms with Crippen molar-refractivity contribution in [1.29, 1.82) is 0 Å². The Morgan fingerprint density at radius 1 is 1.15 bits per heavy atom. The highest BCUT2D eigenvalue weighted by molar-refractivity contribution is 4.94. The molecule has 0 saturated heterocycles. The fraction of sp³-hybridized carbons (Fsp3) is 1.00. The lowest BCUT2D eigenvalue weighted by Crippen LogP contribution is -2.56. The summed E-state index contributed by atoms with van der Waals surface area (Å²) in [7, 11) is 4.28. The first-order chi connectivity index (χ1) is 6.05. The third-order valence-electron chi connectivity index (χ3n) is 3.41. The molecule has 0 spiro atoms. The van der Waals surface area contributed by atoms with Gasteiger partial charge in [-0.15, -0.1) is 0 Å². The van der Waals surface area contributed by atoms with E-state index < -0.39 is 0 Å². The van der Waals surface area contributed by atoms with Crippen LogP contribution in [-0.4, -0.2) is 30.6 Å². The van der Waals surface area contributed by atoms with Gasteiger partial charge in [0.1, 0.15) is 0 Å². The van der Waals surface area contributed by atoms with Crippen molar-refractivity contribution in [3.63, 3.8) is 0 Å². The van der Waals surface area contributed by atoms with Crippen LogP contribution in [0.15, 0.2) is 0 Å². The summed E-state index contributed by atoms with van der Waals surface area (Å²) in [5.41, 5.74) is 6.45. The van der Waals surface area contributed by atoms with E-state index in [1.54, 1.807) is 0 Å². The smallest absolute Gasteiger partial charge is 0.0349 e. The van der Waals surface area contributed by atoms with Crippen molar-refractivity contribution in [2.45, 2.75) is 58.0 Å². The van der Waals surface area contributed by atoms with Crippen LogP contribution in [0.3, 0.4) is 0 Å². The zero-order valence-corrected chi connectivity index (χ0v) is 9.93. The standard InChI is InChI=1S/C11H26N2/c1-6-9-10(12)11(7-2,8-3)13(4)5/h10H,6-9,12H2,1-5H3. The highest BCUT2D eigenvalue weighted by atomic mass is 15.2. The highest BCUT2D eigenvalue weighted by Gasteiger charge is 2.34. The van der Waals surface area contributed by atoms with E-state index in [4.69, 9.17) is 5.73 Å². The Balaban J connectivity index is 4.54. The third kappa shape index (κ3) is 2.68. The van der Waals surface area contributed by atoms with Gasteiger partial charge in [-0.25, -0.2) is 0 Å². The molecule has 1 atom stereocenters. The zero-order valence-electron chi connectivity index (χ0n) is 9.93. The van der Waals surface area contributed by atoms with Gasteiger partial charge < -0.3 is 10.6 Å². The van der Waals surface area contributed by atoms with Crippen LogP contribution in [0.2, 0.25) is 0 Å². The first kappa shape index (κ1) is 12.9. The van der Waals surface area contributed by atoms with Crippen molar-refractivity contribution in [3.8, 4) is 0 Å². The minimum Gasteiger partial charge on any atom is -0.326 e. The lowest BCUT2D eigenvalue weighted by Gasteiger charge is -2.43. The lowest BCUT2D eigenvalue weighted by atomic mass is 9.81. The number of nitrogens with two attached hydrogens (primary N) is 1. The summed E-state index contributed by atoms with van der Waals surface area (Å²) in [6, 6.07) is 0.308. The molecule has 0 aliphatic heterocycles. The van der Waals surface area contributed by atoms with E-state index in [0.29, 0.717) is 6.04 Å². The molecule has 2 N–H and O–H groups in total. The summed E-state index contributed by atoms with van der Waals surface area (Å²) in [6.45, 7) is 6.67. The summed E-state index contributed by atoms with van der Waals surface area (Å²) in [6.07, 6.45) is 4.58. The van der Waals surface area contributed by atoms with Crippen LogP contribution < -0.4 is 5.73 Å². The average molecular weight is 186 g/mol. The van der Waals surface area contributed by atoms with E-state index in [-0.39, 0.29) is 5.54 Å². The minimum atomic E-state index is 0.204. The van der Waals surface area contributed by atoms with Crippen LogP contribution >= 0.6 is 0 Å². The number of hydrogen-bond acceptors (Lipinski definition) is 2. The molecule has 1 unspecified atom stereocenters. The molecule has 0 bridgehead atoms. The number of hydrogen-bond donors (Lipinski definition) is 1. The Bertz CT molecular complexity index is 128. The number of nitrogens with zero attached hydrogens (tertiary/aromatic N) is 1. The average Bonchev–Trinajstić information content (AvgIpc) is 2.07. The van der Waals surface area contributed by atoms with Gasteiger partial charge in [0.15, 0.2) is 0 Å². The van der Waals surface area contributed by atoms with Gasteiger partial charge >= 0.3 is 0 Å². The summed E-state index contributed by atoms with van der Waals surface area (Å²) >= 11 is 0. The lowest BCUT2D eigenvalue weighted by molar-refractivity contribution is 0.101. The summed E-state index contributed by atoms with van der Waals surface area (Å²) < 4.78 is 0. The SMILES string of the molecule is CCCC(N)C(CC)(CC)N(C)C. The van der Waals surface area contributed by atoms with Gasteiger partial charge in [0.25, 0.3) is 0 Å². The molecule has 2 heteroatoms. The summed E-state index contributed by atoms with van der Waals surface area (Å²) in [4.78, 5) is 2.30. The molecular formula is C11H26N2. The van der Waals surface area contributed by atoms with Crippen LogP contribution in [0.1, 0.15) is 46.5 Å². The monoisotopic (exact) mass is 186 g/mol. The predicted octanol–water partition coefficient (Wildman–Crippen LogP) is 2.23. The van der Waals surface area contributed by atoms with E-state index >= 15 is 0 Å². The molecule has 0 radical (unpaired) electrons. The van der Waals surface area contributed by atoms with Crippen LogP contribution in [0.25, 0.3) is 0 Å². The van der Waals surface area contributed by atoms with Gasteiger partial charge in [0.2, 0.25) is 0 Å². The Kier molecular flexibility index (Phi) is 5.57. The molecule has 0 fully saturated rings. The van der Waals surface area contributed by atoms with Crippen LogP contribution in [0.5, 0.6) is 0 Å². The first-order valence-corrected chi connectivity index (χ1v) is 5.48. The molecule has 2 nitrogen and oxygen atoms in total. The van der Waals surface area contributed by atoms with Crippen LogP contribution in [-0.2, 0) is 0 Å². The molecule has 0 heterocycles. The Labute approximate surface area is 83.5 Å². The Hall–Kier alpha value is -0.0800. The second-order valence-electron chi connectivity index (χ2n) is 4.10. The highest BCUT2D eigenvalue weighted by Crippen LogP contribution is 2.26. The second-order valence-corrected chi connectivity index (χ2v) is 4.10. The molecule has 0 aromatic rings. The van der Waals surface area contributed by atoms with Crippen LogP contribution in [0.4, 0.5) is 0 Å². The molecule has 0 saturated carbocycles. The minimum absolute atomic E-state index is 0.204. The van der Waals surface area contributed by atoms with Crippen molar-refractivity contribution in [2.24, 2.45) is 5.73 Å².